The number of nitrogens with one attached hydrogen (secondary N) is 1. The van der Waals surface area contributed by atoms with E-state index in [1.54, 1.807) is 24.3 Å². The van der Waals surface area contributed by atoms with Crippen molar-refractivity contribution in [2.75, 3.05) is 5.32 Å². The molecule has 4 nitrogen and oxygen atoms in total. The molecular formula is C19H23NO3. The van der Waals surface area contributed by atoms with E-state index in [4.69, 9.17) is 4.74 Å². The molecule has 4 heteroatoms. The Balaban J connectivity index is 1.43. The number of hydrogen-bond acceptors (Lipinski definition) is 3. The molecule has 0 radical (unpaired) electrons. The minimum absolute atomic E-state index is 0.0499. The van der Waals surface area contributed by atoms with Crippen molar-refractivity contribution in [3.63, 3.8) is 0 Å². The van der Waals surface area contributed by atoms with Crippen LogP contribution in [0.2, 0.25) is 0 Å². The summed E-state index contributed by atoms with van der Waals surface area (Å²) in [5, 5.41) is 2.71. The average Bonchev–Trinajstić information content (AvgIpc) is 2.47. The van der Waals surface area contributed by atoms with Crippen LogP contribution in [0.3, 0.4) is 0 Å². The summed E-state index contributed by atoms with van der Waals surface area (Å²) in [6.07, 6.45) is 6.25. The Morgan fingerprint density at radius 3 is 2.04 bits per heavy atom. The largest absolute Gasteiger partial charge is 0.426 e. The zero-order valence-corrected chi connectivity index (χ0v) is 13.5. The van der Waals surface area contributed by atoms with E-state index in [-0.39, 0.29) is 17.8 Å². The summed E-state index contributed by atoms with van der Waals surface area (Å²) < 4.78 is 5.65. The SMILES string of the molecule is CC(=O)Nc1ccc(OC(=O)C2C3CC4CC(C3)CC2C4)cc1. The number of hydrogen-bond donors (Lipinski definition) is 1. The highest BCUT2D eigenvalue weighted by Crippen LogP contribution is 2.56. The summed E-state index contributed by atoms with van der Waals surface area (Å²) >= 11 is 0. The summed E-state index contributed by atoms with van der Waals surface area (Å²) in [5.74, 6) is 3.30. The van der Waals surface area contributed by atoms with Gasteiger partial charge in [-0.25, -0.2) is 0 Å². The highest BCUT2D eigenvalue weighted by molar-refractivity contribution is 5.88. The quantitative estimate of drug-likeness (QED) is 0.685. The first kappa shape index (κ1) is 14.7. The topological polar surface area (TPSA) is 55.4 Å². The van der Waals surface area contributed by atoms with Crippen molar-refractivity contribution in [1.29, 1.82) is 0 Å². The molecule has 5 rings (SSSR count). The summed E-state index contributed by atoms with van der Waals surface area (Å²) in [5.41, 5.74) is 0.715. The smallest absolute Gasteiger partial charge is 0.314 e. The van der Waals surface area contributed by atoms with Crippen molar-refractivity contribution in [3.8, 4) is 5.75 Å². The second-order valence-electron chi connectivity index (χ2n) is 7.58. The van der Waals surface area contributed by atoms with Crippen LogP contribution in [0.1, 0.15) is 39.0 Å². The highest BCUT2D eigenvalue weighted by atomic mass is 16.5. The molecule has 1 aromatic carbocycles. The lowest BCUT2D eigenvalue weighted by atomic mass is 9.52. The first-order chi connectivity index (χ1) is 11.1. The van der Waals surface area contributed by atoms with Gasteiger partial charge in [-0.2, -0.15) is 0 Å². The highest BCUT2D eigenvalue weighted by Gasteiger charge is 2.51. The Morgan fingerprint density at radius 1 is 0.957 bits per heavy atom. The van der Waals surface area contributed by atoms with Gasteiger partial charge in [0.25, 0.3) is 0 Å². The maximum Gasteiger partial charge on any atom is 0.314 e. The zero-order chi connectivity index (χ0) is 16.0. The van der Waals surface area contributed by atoms with Crippen molar-refractivity contribution >= 4 is 17.6 Å². The Labute approximate surface area is 136 Å². The van der Waals surface area contributed by atoms with Crippen LogP contribution in [0.5, 0.6) is 5.75 Å². The third kappa shape index (κ3) is 2.87. The monoisotopic (exact) mass is 313 g/mol. The Morgan fingerprint density at radius 2 is 1.52 bits per heavy atom. The van der Waals surface area contributed by atoms with Crippen molar-refractivity contribution in [2.45, 2.75) is 39.0 Å². The lowest BCUT2D eigenvalue weighted by Gasteiger charge is -2.53. The van der Waals surface area contributed by atoms with Crippen molar-refractivity contribution in [1.82, 2.24) is 0 Å². The van der Waals surface area contributed by atoms with Crippen LogP contribution in [-0.2, 0) is 9.59 Å². The molecule has 4 bridgehead atoms. The van der Waals surface area contributed by atoms with Gasteiger partial charge in [-0.05, 0) is 80.0 Å². The first-order valence-corrected chi connectivity index (χ1v) is 8.68. The van der Waals surface area contributed by atoms with Gasteiger partial charge >= 0.3 is 5.97 Å². The number of benzene rings is 1. The molecular weight excluding hydrogens is 290 g/mol. The fraction of sp³-hybridized carbons (Fsp3) is 0.579. The second kappa shape index (κ2) is 5.66. The van der Waals surface area contributed by atoms with E-state index in [1.165, 1.54) is 39.0 Å². The zero-order valence-electron chi connectivity index (χ0n) is 13.5. The Bertz CT molecular complexity index is 594. The molecule has 122 valence electrons. The molecule has 23 heavy (non-hydrogen) atoms. The number of carbonyl (C=O) groups excluding carboxylic acids is 2. The molecule has 0 unspecified atom stereocenters. The van der Waals surface area contributed by atoms with E-state index in [0.717, 1.165) is 11.8 Å². The van der Waals surface area contributed by atoms with E-state index in [2.05, 4.69) is 5.32 Å². The van der Waals surface area contributed by atoms with Gasteiger partial charge in [-0.15, -0.1) is 0 Å². The van der Waals surface area contributed by atoms with Crippen LogP contribution in [0.4, 0.5) is 5.69 Å². The van der Waals surface area contributed by atoms with Crippen LogP contribution in [0, 0.1) is 29.6 Å². The van der Waals surface area contributed by atoms with E-state index < -0.39 is 0 Å². The maximum absolute atomic E-state index is 12.7. The standard InChI is InChI=1S/C19H23NO3/c1-11(21)20-16-2-4-17(5-3-16)23-19(22)18-14-7-12-6-13(9-14)10-15(18)8-12/h2-5,12-15,18H,6-10H2,1H3,(H,20,21). The molecule has 4 aliphatic carbocycles. The van der Waals surface area contributed by atoms with Gasteiger partial charge in [0.15, 0.2) is 0 Å². The third-order valence-corrected chi connectivity index (χ3v) is 5.89. The van der Waals surface area contributed by atoms with E-state index >= 15 is 0 Å². The Hall–Kier alpha value is -1.84. The van der Waals surface area contributed by atoms with Crippen molar-refractivity contribution in [2.24, 2.45) is 29.6 Å². The average molecular weight is 313 g/mol. The molecule has 0 aliphatic heterocycles. The summed E-state index contributed by atoms with van der Waals surface area (Å²) in [6.45, 7) is 1.47. The van der Waals surface area contributed by atoms with Crippen molar-refractivity contribution in [3.05, 3.63) is 24.3 Å². The summed E-state index contributed by atoms with van der Waals surface area (Å²) in [7, 11) is 0. The van der Waals surface area contributed by atoms with E-state index in [1.807, 2.05) is 0 Å². The van der Waals surface area contributed by atoms with Crippen molar-refractivity contribution < 1.29 is 14.3 Å². The first-order valence-electron chi connectivity index (χ1n) is 8.68. The number of anilines is 1. The van der Waals surface area contributed by atoms with Crippen LogP contribution in [0.25, 0.3) is 0 Å². The number of esters is 1. The molecule has 0 atom stereocenters. The number of carbonyl (C=O) groups is 2. The molecule has 0 saturated heterocycles. The number of amides is 1. The molecule has 1 amide bonds. The molecule has 4 aliphatic rings. The molecule has 4 fully saturated rings. The minimum Gasteiger partial charge on any atom is -0.426 e. The van der Waals surface area contributed by atoms with E-state index in [0.29, 0.717) is 23.3 Å². The molecule has 0 heterocycles. The maximum atomic E-state index is 12.7. The molecule has 1 N–H and O–H groups in total. The second-order valence-corrected chi connectivity index (χ2v) is 7.58. The normalized spacial score (nSPS) is 34.2. The minimum atomic E-state index is -0.108. The lowest BCUT2D eigenvalue weighted by molar-refractivity contribution is -0.152. The molecule has 4 saturated carbocycles. The van der Waals surface area contributed by atoms with Gasteiger partial charge in [0.1, 0.15) is 5.75 Å². The van der Waals surface area contributed by atoms with Gasteiger partial charge in [0.2, 0.25) is 5.91 Å². The van der Waals surface area contributed by atoms with E-state index in [9.17, 15) is 9.59 Å². The van der Waals surface area contributed by atoms with Crippen LogP contribution < -0.4 is 10.1 Å². The fourth-order valence-corrected chi connectivity index (χ4v) is 5.30. The predicted octanol–water partition coefficient (Wildman–Crippen LogP) is 3.62. The predicted molar refractivity (Wildman–Crippen MR) is 86.9 cm³/mol. The van der Waals surface area contributed by atoms with Crippen LogP contribution in [0.15, 0.2) is 24.3 Å². The summed E-state index contributed by atoms with van der Waals surface area (Å²) in [6, 6.07) is 7.03. The van der Waals surface area contributed by atoms with Gasteiger partial charge < -0.3 is 10.1 Å². The summed E-state index contributed by atoms with van der Waals surface area (Å²) in [4.78, 5) is 23.7. The third-order valence-electron chi connectivity index (χ3n) is 5.89. The molecule has 0 aromatic heterocycles. The van der Waals surface area contributed by atoms with Gasteiger partial charge in [-0.3, -0.25) is 9.59 Å². The van der Waals surface area contributed by atoms with Gasteiger partial charge in [-0.1, -0.05) is 0 Å². The van der Waals surface area contributed by atoms with Crippen LogP contribution >= 0.6 is 0 Å². The fourth-order valence-electron chi connectivity index (χ4n) is 5.30. The van der Waals surface area contributed by atoms with Crippen LogP contribution in [-0.4, -0.2) is 11.9 Å². The molecule has 0 spiro atoms. The lowest BCUT2D eigenvalue weighted by Crippen LogP contribution is -2.49. The number of rotatable bonds is 3. The molecule has 1 aromatic rings. The Kier molecular flexibility index (Phi) is 3.63. The number of ether oxygens (including phenoxy) is 1. The van der Waals surface area contributed by atoms with Gasteiger partial charge in [0, 0.05) is 12.6 Å². The van der Waals surface area contributed by atoms with Gasteiger partial charge in [0.05, 0.1) is 5.92 Å².